The molecule has 0 unspecified atom stereocenters. The Morgan fingerprint density at radius 1 is 1.38 bits per heavy atom. The van der Waals surface area contributed by atoms with E-state index in [0.717, 1.165) is 11.4 Å². The number of aryl methyl sites for hydroxylation is 1. The fourth-order valence-corrected chi connectivity index (χ4v) is 4.33. The SMILES string of the molecule is Cn1cc(NC(=O)Cc2c3n(c(=S)n2C)C[C@H](c2c(F)ccc(Cl)c2F)C3)cn1. The van der Waals surface area contributed by atoms with Gasteiger partial charge in [-0.15, -0.1) is 0 Å². The number of hydrogen-bond donors (Lipinski definition) is 1. The van der Waals surface area contributed by atoms with Gasteiger partial charge >= 0.3 is 0 Å². The molecule has 29 heavy (non-hydrogen) atoms. The van der Waals surface area contributed by atoms with Crippen molar-refractivity contribution < 1.29 is 13.6 Å². The fraction of sp³-hybridized carbons (Fsp3) is 0.316. The van der Waals surface area contributed by atoms with Crippen LogP contribution in [0.2, 0.25) is 5.02 Å². The van der Waals surface area contributed by atoms with Gasteiger partial charge < -0.3 is 14.5 Å². The van der Waals surface area contributed by atoms with Crippen molar-refractivity contribution in [2.75, 3.05) is 5.32 Å². The normalized spacial score (nSPS) is 15.6. The Bertz CT molecular complexity index is 1180. The smallest absolute Gasteiger partial charge is 0.230 e. The molecule has 1 N–H and O–H groups in total. The summed E-state index contributed by atoms with van der Waals surface area (Å²) in [5, 5.41) is 6.70. The molecule has 152 valence electrons. The minimum atomic E-state index is -0.742. The Hall–Kier alpha value is -2.52. The van der Waals surface area contributed by atoms with Crippen molar-refractivity contribution >= 4 is 35.4 Å². The Balaban J connectivity index is 1.62. The number of hydrogen-bond acceptors (Lipinski definition) is 3. The first kappa shape index (κ1) is 19.8. The van der Waals surface area contributed by atoms with Crippen LogP contribution in [0.3, 0.4) is 0 Å². The van der Waals surface area contributed by atoms with Crippen molar-refractivity contribution in [3.05, 3.63) is 62.9 Å². The summed E-state index contributed by atoms with van der Waals surface area (Å²) in [5.74, 6) is -2.03. The molecule has 0 fully saturated rings. The van der Waals surface area contributed by atoms with Gasteiger partial charge in [-0.1, -0.05) is 11.6 Å². The number of aromatic nitrogens is 4. The lowest BCUT2D eigenvalue weighted by Gasteiger charge is -2.14. The van der Waals surface area contributed by atoms with E-state index < -0.39 is 17.6 Å². The fourth-order valence-electron chi connectivity index (χ4n) is 3.87. The molecule has 0 saturated heterocycles. The van der Waals surface area contributed by atoms with E-state index in [1.807, 2.05) is 4.57 Å². The van der Waals surface area contributed by atoms with E-state index in [0.29, 0.717) is 23.4 Å². The van der Waals surface area contributed by atoms with Crippen LogP contribution >= 0.6 is 23.8 Å². The molecule has 3 heterocycles. The summed E-state index contributed by atoms with van der Waals surface area (Å²) < 4.78 is 34.5. The highest BCUT2D eigenvalue weighted by atomic mass is 35.5. The first-order valence-electron chi connectivity index (χ1n) is 8.95. The van der Waals surface area contributed by atoms with Crippen LogP contribution in [0.1, 0.15) is 22.9 Å². The molecule has 2 aromatic heterocycles. The molecule has 1 atom stereocenters. The zero-order valence-corrected chi connectivity index (χ0v) is 17.3. The van der Waals surface area contributed by atoms with Crippen LogP contribution in [0.25, 0.3) is 0 Å². The summed E-state index contributed by atoms with van der Waals surface area (Å²) in [6.07, 6.45) is 3.71. The third kappa shape index (κ3) is 3.49. The highest BCUT2D eigenvalue weighted by Gasteiger charge is 2.33. The predicted molar refractivity (Wildman–Crippen MR) is 108 cm³/mol. The number of imidazole rings is 1. The summed E-state index contributed by atoms with van der Waals surface area (Å²) >= 11 is 11.3. The molecule has 0 aliphatic carbocycles. The van der Waals surface area contributed by atoms with Crippen LogP contribution in [0.4, 0.5) is 14.5 Å². The zero-order valence-electron chi connectivity index (χ0n) is 15.7. The van der Waals surface area contributed by atoms with Crippen molar-refractivity contribution in [3.8, 4) is 0 Å². The molecule has 0 spiro atoms. The molecule has 1 amide bonds. The zero-order chi connectivity index (χ0) is 20.9. The number of carbonyl (C=O) groups excluding carboxylic acids is 1. The van der Waals surface area contributed by atoms with Crippen molar-refractivity contribution in [3.63, 3.8) is 0 Å². The van der Waals surface area contributed by atoms with Gasteiger partial charge in [0.2, 0.25) is 5.91 Å². The number of fused-ring (bicyclic) bond motifs is 1. The van der Waals surface area contributed by atoms with Gasteiger partial charge in [0.15, 0.2) is 4.77 Å². The molecule has 1 aliphatic rings. The molecular formula is C19H18ClF2N5OS. The highest BCUT2D eigenvalue weighted by molar-refractivity contribution is 7.71. The third-order valence-electron chi connectivity index (χ3n) is 5.23. The number of carbonyl (C=O) groups is 1. The van der Waals surface area contributed by atoms with Crippen LogP contribution in [0, 0.1) is 16.4 Å². The van der Waals surface area contributed by atoms with Crippen LogP contribution in [0.5, 0.6) is 0 Å². The number of anilines is 1. The van der Waals surface area contributed by atoms with Crippen molar-refractivity contribution in [1.82, 2.24) is 18.9 Å². The van der Waals surface area contributed by atoms with E-state index >= 15 is 0 Å². The molecule has 4 rings (SSSR count). The highest BCUT2D eigenvalue weighted by Crippen LogP contribution is 2.37. The predicted octanol–water partition coefficient (Wildman–Crippen LogP) is 3.74. The molecule has 1 aromatic carbocycles. The van der Waals surface area contributed by atoms with E-state index in [2.05, 4.69) is 10.4 Å². The van der Waals surface area contributed by atoms with Crippen LogP contribution in [0.15, 0.2) is 24.5 Å². The summed E-state index contributed by atoms with van der Waals surface area (Å²) in [5.41, 5.74) is 2.09. The van der Waals surface area contributed by atoms with Gasteiger partial charge in [-0.3, -0.25) is 9.48 Å². The molecule has 3 aromatic rings. The topological polar surface area (TPSA) is 56.8 Å². The van der Waals surface area contributed by atoms with Crippen LogP contribution in [-0.2, 0) is 38.3 Å². The molecule has 0 saturated carbocycles. The molecule has 0 radical (unpaired) electrons. The molecular weight excluding hydrogens is 420 g/mol. The average Bonchev–Trinajstić information content (AvgIpc) is 3.33. The van der Waals surface area contributed by atoms with Gasteiger partial charge in [0.1, 0.15) is 11.6 Å². The lowest BCUT2D eigenvalue weighted by molar-refractivity contribution is -0.115. The lowest BCUT2D eigenvalue weighted by atomic mass is 9.95. The minimum Gasteiger partial charge on any atom is -0.323 e. The largest absolute Gasteiger partial charge is 0.323 e. The van der Waals surface area contributed by atoms with E-state index in [1.165, 1.54) is 12.1 Å². The van der Waals surface area contributed by atoms with E-state index in [1.54, 1.807) is 35.7 Å². The van der Waals surface area contributed by atoms with Gasteiger partial charge in [-0.05, 0) is 30.8 Å². The molecule has 0 bridgehead atoms. The van der Waals surface area contributed by atoms with Crippen LogP contribution < -0.4 is 5.32 Å². The average molecular weight is 438 g/mol. The maximum absolute atomic E-state index is 14.5. The van der Waals surface area contributed by atoms with Crippen molar-refractivity contribution in [2.24, 2.45) is 14.1 Å². The Labute approximate surface area is 175 Å². The first-order chi connectivity index (χ1) is 13.8. The van der Waals surface area contributed by atoms with Gasteiger partial charge in [-0.25, -0.2) is 8.78 Å². The first-order valence-corrected chi connectivity index (χ1v) is 9.74. The number of amides is 1. The summed E-state index contributed by atoms with van der Waals surface area (Å²) in [6, 6.07) is 2.38. The maximum atomic E-state index is 14.5. The standard InChI is InChI=1S/C19H18ClF2N5OS/c1-25-9-11(7-23-25)24-16(28)6-14-15-5-10(8-27(15)19(29)26(14)2)17-13(21)4-3-12(20)18(17)22/h3-4,7,9-10H,5-6,8H2,1-2H3,(H,24,28)/t10-/m1/s1. The van der Waals surface area contributed by atoms with Crippen molar-refractivity contribution in [1.29, 1.82) is 0 Å². The summed E-state index contributed by atoms with van der Waals surface area (Å²) in [4.78, 5) is 12.5. The molecule has 6 nitrogen and oxygen atoms in total. The Morgan fingerprint density at radius 3 is 2.83 bits per heavy atom. The second-order valence-electron chi connectivity index (χ2n) is 7.13. The minimum absolute atomic E-state index is 0.0379. The monoisotopic (exact) mass is 437 g/mol. The van der Waals surface area contributed by atoms with Gasteiger partial charge in [0.25, 0.3) is 0 Å². The lowest BCUT2D eigenvalue weighted by Crippen LogP contribution is -2.17. The van der Waals surface area contributed by atoms with E-state index in [4.69, 9.17) is 23.8 Å². The van der Waals surface area contributed by atoms with Crippen molar-refractivity contribution in [2.45, 2.75) is 25.3 Å². The number of nitrogens with one attached hydrogen (secondary N) is 1. The molecule has 1 aliphatic heterocycles. The summed E-state index contributed by atoms with van der Waals surface area (Å²) in [6.45, 7) is 0.334. The maximum Gasteiger partial charge on any atom is 0.230 e. The third-order valence-corrected chi connectivity index (χ3v) is 6.01. The Morgan fingerprint density at radius 2 is 2.14 bits per heavy atom. The number of rotatable bonds is 4. The van der Waals surface area contributed by atoms with Gasteiger partial charge in [0, 0.05) is 49.7 Å². The number of halogens is 3. The summed E-state index contributed by atoms with van der Waals surface area (Å²) in [7, 11) is 3.55. The van der Waals surface area contributed by atoms with E-state index in [9.17, 15) is 13.6 Å². The second-order valence-corrected chi connectivity index (χ2v) is 7.90. The van der Waals surface area contributed by atoms with E-state index in [-0.39, 0.29) is 22.9 Å². The molecule has 10 heteroatoms. The second kappa shape index (κ2) is 7.38. The Kier molecular flexibility index (Phi) is 5.04. The quantitative estimate of drug-likeness (QED) is 0.499. The van der Waals surface area contributed by atoms with Gasteiger partial charge in [-0.2, -0.15) is 5.10 Å². The number of benzene rings is 1. The van der Waals surface area contributed by atoms with Crippen LogP contribution in [-0.4, -0.2) is 24.8 Å². The van der Waals surface area contributed by atoms with Gasteiger partial charge in [0.05, 0.1) is 23.3 Å². The number of nitrogens with zero attached hydrogens (tertiary/aromatic N) is 4.